The Balaban J connectivity index is 2.01. The zero-order valence-corrected chi connectivity index (χ0v) is 13.3. The smallest absolute Gasteiger partial charge is 0.0119 e. The summed E-state index contributed by atoms with van der Waals surface area (Å²) in [6.07, 6.45) is 0. The van der Waals surface area contributed by atoms with Gasteiger partial charge in [-0.15, -0.1) is 12.6 Å². The molecule has 0 aliphatic carbocycles. The van der Waals surface area contributed by atoms with E-state index >= 15 is 0 Å². The minimum Gasteiger partial charge on any atom is -0.143 e. The summed E-state index contributed by atoms with van der Waals surface area (Å²) in [6.45, 7) is 0. The van der Waals surface area contributed by atoms with Gasteiger partial charge in [0.15, 0.2) is 0 Å². The number of hydrogen-bond acceptors (Lipinski definition) is 1. The normalized spacial score (nSPS) is 11.7. The molecule has 0 atom stereocenters. The summed E-state index contributed by atoms with van der Waals surface area (Å²) < 4.78 is 0. The fourth-order valence-corrected chi connectivity index (χ4v) is 3.95. The lowest BCUT2D eigenvalue weighted by molar-refractivity contribution is 1.47. The third-order valence-corrected chi connectivity index (χ3v) is 5.11. The molecule has 0 nitrogen and oxygen atoms in total. The first-order valence-corrected chi connectivity index (χ1v) is 8.22. The Morgan fingerprint density at radius 2 is 1.13 bits per heavy atom. The molecule has 0 aromatic heterocycles. The molecule has 0 fully saturated rings. The van der Waals surface area contributed by atoms with Gasteiger partial charge in [-0.3, -0.25) is 0 Å². The van der Waals surface area contributed by atoms with Crippen LogP contribution in [0.2, 0.25) is 0 Å². The van der Waals surface area contributed by atoms with Gasteiger partial charge >= 0.3 is 0 Å². The highest BCUT2D eigenvalue weighted by Crippen LogP contribution is 2.40. The molecule has 0 saturated carbocycles. The van der Waals surface area contributed by atoms with Gasteiger partial charge in [-0.25, -0.2) is 0 Å². The van der Waals surface area contributed by atoms with Crippen LogP contribution >= 0.6 is 12.6 Å². The van der Waals surface area contributed by atoms with E-state index in [0.29, 0.717) is 0 Å². The van der Waals surface area contributed by atoms with E-state index in [2.05, 4.69) is 85.4 Å². The van der Waals surface area contributed by atoms with Gasteiger partial charge in [-0.2, -0.15) is 0 Å². The highest BCUT2D eigenvalue weighted by Gasteiger charge is 2.12. The highest BCUT2D eigenvalue weighted by atomic mass is 32.1. The van der Waals surface area contributed by atoms with Crippen LogP contribution in [0.1, 0.15) is 0 Å². The number of benzene rings is 5. The molecule has 0 radical (unpaired) electrons. The summed E-state index contributed by atoms with van der Waals surface area (Å²) in [5.74, 6) is 0. The molecule has 0 saturated heterocycles. The van der Waals surface area contributed by atoms with Crippen molar-refractivity contribution >= 4 is 44.9 Å². The van der Waals surface area contributed by atoms with Crippen molar-refractivity contribution in [1.29, 1.82) is 0 Å². The van der Waals surface area contributed by atoms with Crippen molar-refractivity contribution in [3.05, 3.63) is 78.9 Å². The van der Waals surface area contributed by atoms with Crippen molar-refractivity contribution in [2.45, 2.75) is 4.90 Å². The Bertz CT molecular complexity index is 1150. The Morgan fingerprint density at radius 1 is 0.478 bits per heavy atom. The Hall–Kier alpha value is -2.51. The molecule has 1 heteroatoms. The fourth-order valence-electron chi connectivity index (χ4n) is 3.67. The molecule has 0 heterocycles. The summed E-state index contributed by atoms with van der Waals surface area (Å²) in [5.41, 5.74) is 2.44. The van der Waals surface area contributed by atoms with Crippen LogP contribution in [0.3, 0.4) is 0 Å². The van der Waals surface area contributed by atoms with Gasteiger partial charge in [0.05, 0.1) is 0 Å². The van der Waals surface area contributed by atoms with E-state index in [-0.39, 0.29) is 0 Å². The van der Waals surface area contributed by atoms with E-state index in [1.54, 1.807) is 0 Å². The lowest BCUT2D eigenvalue weighted by Crippen LogP contribution is -1.87. The first-order valence-electron chi connectivity index (χ1n) is 7.78. The second-order valence-electron chi connectivity index (χ2n) is 5.99. The van der Waals surface area contributed by atoms with Gasteiger partial charge in [0.1, 0.15) is 0 Å². The maximum absolute atomic E-state index is 4.65. The molecule has 108 valence electrons. The van der Waals surface area contributed by atoms with Crippen molar-refractivity contribution in [3.8, 4) is 11.1 Å². The minimum atomic E-state index is 1.02. The average Bonchev–Trinajstić information content (AvgIpc) is 2.60. The number of thiol groups is 1. The second-order valence-corrected chi connectivity index (χ2v) is 6.47. The molecule has 0 aliphatic heterocycles. The monoisotopic (exact) mass is 310 g/mol. The number of rotatable bonds is 1. The third-order valence-electron chi connectivity index (χ3n) is 4.72. The zero-order chi connectivity index (χ0) is 15.4. The van der Waals surface area contributed by atoms with Gasteiger partial charge in [0.25, 0.3) is 0 Å². The van der Waals surface area contributed by atoms with Crippen LogP contribution in [0.4, 0.5) is 0 Å². The Labute approximate surface area is 140 Å². The Morgan fingerprint density at radius 3 is 1.91 bits per heavy atom. The topological polar surface area (TPSA) is 0 Å². The van der Waals surface area contributed by atoms with Gasteiger partial charge in [-0.05, 0) is 49.5 Å². The van der Waals surface area contributed by atoms with Gasteiger partial charge in [-0.1, -0.05) is 72.8 Å². The SMILES string of the molecule is Sc1ccccc1-c1ccc2ccc3cccc4ccc1c2c34. The van der Waals surface area contributed by atoms with Crippen LogP contribution in [0.15, 0.2) is 83.8 Å². The van der Waals surface area contributed by atoms with Crippen molar-refractivity contribution in [2.75, 3.05) is 0 Å². The maximum Gasteiger partial charge on any atom is 0.0119 e. The summed E-state index contributed by atoms with van der Waals surface area (Å²) >= 11 is 4.65. The average molecular weight is 310 g/mol. The molecular formula is C22H14S. The van der Waals surface area contributed by atoms with E-state index < -0.39 is 0 Å². The summed E-state index contributed by atoms with van der Waals surface area (Å²) in [4.78, 5) is 1.02. The predicted molar refractivity (Wildman–Crippen MR) is 103 cm³/mol. The zero-order valence-electron chi connectivity index (χ0n) is 12.5. The summed E-state index contributed by atoms with van der Waals surface area (Å²) in [6, 6.07) is 28.2. The van der Waals surface area contributed by atoms with Gasteiger partial charge < -0.3 is 0 Å². The highest BCUT2D eigenvalue weighted by molar-refractivity contribution is 7.80. The fraction of sp³-hybridized carbons (Fsp3) is 0. The van der Waals surface area contributed by atoms with Crippen LogP contribution < -0.4 is 0 Å². The van der Waals surface area contributed by atoms with E-state index in [9.17, 15) is 0 Å². The molecule has 0 N–H and O–H groups in total. The quantitative estimate of drug-likeness (QED) is 0.264. The molecule has 0 bridgehead atoms. The third kappa shape index (κ3) is 1.80. The standard InChI is InChI=1S/C22H14S/c23-20-7-2-1-6-18(20)17-12-10-16-9-8-14-4-3-5-15-11-13-19(17)22(16)21(14)15/h1-13,23H. The molecule has 5 rings (SSSR count). The summed E-state index contributed by atoms with van der Waals surface area (Å²) in [5, 5.41) is 7.92. The van der Waals surface area contributed by atoms with Crippen molar-refractivity contribution < 1.29 is 0 Å². The van der Waals surface area contributed by atoms with E-state index in [4.69, 9.17) is 0 Å². The second kappa shape index (κ2) is 4.74. The van der Waals surface area contributed by atoms with Crippen LogP contribution in [-0.2, 0) is 0 Å². The molecule has 5 aromatic carbocycles. The molecule has 0 aliphatic rings. The predicted octanol–water partition coefficient (Wildman–Crippen LogP) is 6.54. The molecule has 23 heavy (non-hydrogen) atoms. The van der Waals surface area contributed by atoms with Crippen molar-refractivity contribution in [2.24, 2.45) is 0 Å². The molecule has 0 unspecified atom stereocenters. The lowest BCUT2D eigenvalue weighted by atomic mass is 9.90. The van der Waals surface area contributed by atoms with Crippen molar-refractivity contribution in [3.63, 3.8) is 0 Å². The largest absolute Gasteiger partial charge is 0.143 e. The maximum atomic E-state index is 4.65. The van der Waals surface area contributed by atoms with Crippen LogP contribution in [-0.4, -0.2) is 0 Å². The van der Waals surface area contributed by atoms with Crippen LogP contribution in [0, 0.1) is 0 Å². The van der Waals surface area contributed by atoms with Gasteiger partial charge in [0.2, 0.25) is 0 Å². The molecule has 0 spiro atoms. The van der Waals surface area contributed by atoms with Gasteiger partial charge in [0, 0.05) is 4.90 Å². The van der Waals surface area contributed by atoms with E-state index in [1.807, 2.05) is 6.07 Å². The first kappa shape index (κ1) is 13.0. The number of hydrogen-bond donors (Lipinski definition) is 1. The van der Waals surface area contributed by atoms with Crippen LogP contribution in [0.5, 0.6) is 0 Å². The molecular weight excluding hydrogens is 296 g/mol. The summed E-state index contributed by atoms with van der Waals surface area (Å²) in [7, 11) is 0. The Kier molecular flexibility index (Phi) is 2.67. The minimum absolute atomic E-state index is 1.02. The first-order chi connectivity index (χ1) is 11.3. The van der Waals surface area contributed by atoms with E-state index in [1.165, 1.54) is 43.4 Å². The lowest BCUT2D eigenvalue weighted by Gasteiger charge is -2.14. The van der Waals surface area contributed by atoms with Crippen LogP contribution in [0.25, 0.3) is 43.4 Å². The van der Waals surface area contributed by atoms with Crippen molar-refractivity contribution in [1.82, 2.24) is 0 Å². The van der Waals surface area contributed by atoms with E-state index in [0.717, 1.165) is 4.90 Å². The molecule has 5 aromatic rings. The molecule has 0 amide bonds.